The molecule has 0 aliphatic rings. The lowest BCUT2D eigenvalue weighted by molar-refractivity contribution is 0.170. The van der Waals surface area contributed by atoms with Crippen LogP contribution in [0.2, 0.25) is 0 Å². The van der Waals surface area contributed by atoms with Crippen LogP contribution in [0.5, 0.6) is 0 Å². The largest absolute Gasteiger partial charge is 0.458 e. The summed E-state index contributed by atoms with van der Waals surface area (Å²) in [4.78, 5) is 0. The van der Waals surface area contributed by atoms with E-state index in [0.717, 1.165) is 11.3 Å². The van der Waals surface area contributed by atoms with Crippen LogP contribution in [0.1, 0.15) is 29.9 Å². The van der Waals surface area contributed by atoms with Crippen molar-refractivity contribution < 1.29 is 9.52 Å². The van der Waals surface area contributed by atoms with Gasteiger partial charge in [-0.15, -0.1) is 0 Å². The fourth-order valence-corrected chi connectivity index (χ4v) is 1.74. The van der Waals surface area contributed by atoms with Crippen molar-refractivity contribution in [3.05, 3.63) is 47.2 Å². The minimum atomic E-state index is -0.557. The van der Waals surface area contributed by atoms with E-state index in [1.54, 1.807) is 6.92 Å². The summed E-state index contributed by atoms with van der Waals surface area (Å²) >= 11 is 0. The molecule has 16 heavy (non-hydrogen) atoms. The summed E-state index contributed by atoms with van der Waals surface area (Å²) in [6, 6.07) is 9.86. The number of aliphatic hydroxyl groups excluding tert-OH is 1. The molecule has 0 fully saturated rings. The van der Waals surface area contributed by atoms with Crippen molar-refractivity contribution in [3.63, 3.8) is 0 Å². The van der Waals surface area contributed by atoms with Crippen molar-refractivity contribution in [3.8, 4) is 11.3 Å². The summed E-state index contributed by atoms with van der Waals surface area (Å²) in [6.07, 6.45) is -0.557. The Morgan fingerprint density at radius 2 is 1.88 bits per heavy atom. The van der Waals surface area contributed by atoms with Crippen molar-refractivity contribution in [1.29, 1.82) is 0 Å². The predicted octanol–water partition coefficient (Wildman–Crippen LogP) is 3.62. The lowest BCUT2D eigenvalue weighted by Crippen LogP contribution is -1.87. The molecule has 2 heteroatoms. The summed E-state index contributed by atoms with van der Waals surface area (Å²) in [5.74, 6) is 1.42. The molecule has 0 radical (unpaired) electrons. The molecule has 84 valence electrons. The van der Waals surface area contributed by atoms with Gasteiger partial charge in [-0.2, -0.15) is 0 Å². The number of hydrogen-bond acceptors (Lipinski definition) is 2. The van der Waals surface area contributed by atoms with E-state index in [0.29, 0.717) is 5.76 Å². The van der Waals surface area contributed by atoms with Crippen LogP contribution in [0, 0.1) is 13.8 Å². The van der Waals surface area contributed by atoms with Crippen LogP contribution in [0.4, 0.5) is 0 Å². The van der Waals surface area contributed by atoms with Crippen molar-refractivity contribution in [2.75, 3.05) is 0 Å². The molecule has 0 saturated carbocycles. The molecule has 0 amide bonds. The highest BCUT2D eigenvalue weighted by molar-refractivity contribution is 5.63. The highest BCUT2D eigenvalue weighted by atomic mass is 16.4. The maximum atomic E-state index is 9.41. The van der Waals surface area contributed by atoms with E-state index in [1.165, 1.54) is 11.1 Å². The SMILES string of the molecule is Cc1cccc(-c2ccc(C(C)O)o2)c1C. The Labute approximate surface area is 95.5 Å². The van der Waals surface area contributed by atoms with Gasteiger partial charge >= 0.3 is 0 Å². The van der Waals surface area contributed by atoms with E-state index in [4.69, 9.17) is 4.42 Å². The first-order chi connectivity index (χ1) is 7.59. The summed E-state index contributed by atoms with van der Waals surface area (Å²) in [7, 11) is 0. The molecule has 0 bridgehead atoms. The summed E-state index contributed by atoms with van der Waals surface area (Å²) in [5.41, 5.74) is 3.55. The second-order valence-electron chi connectivity index (χ2n) is 4.13. The van der Waals surface area contributed by atoms with E-state index >= 15 is 0 Å². The molecular weight excluding hydrogens is 200 g/mol. The Hall–Kier alpha value is -1.54. The smallest absolute Gasteiger partial charge is 0.134 e. The minimum absolute atomic E-state index is 0.557. The van der Waals surface area contributed by atoms with Crippen LogP contribution in [-0.4, -0.2) is 5.11 Å². The first-order valence-electron chi connectivity index (χ1n) is 5.44. The molecule has 1 N–H and O–H groups in total. The maximum Gasteiger partial charge on any atom is 0.134 e. The quantitative estimate of drug-likeness (QED) is 0.831. The van der Waals surface area contributed by atoms with Crippen LogP contribution in [0.25, 0.3) is 11.3 Å². The molecule has 2 aromatic rings. The van der Waals surface area contributed by atoms with Crippen molar-refractivity contribution >= 4 is 0 Å². The fraction of sp³-hybridized carbons (Fsp3) is 0.286. The van der Waals surface area contributed by atoms with Gasteiger partial charge in [0.2, 0.25) is 0 Å². The second kappa shape index (κ2) is 4.14. The zero-order valence-corrected chi connectivity index (χ0v) is 9.82. The number of aliphatic hydroxyl groups is 1. The van der Waals surface area contributed by atoms with Crippen molar-refractivity contribution in [2.24, 2.45) is 0 Å². The van der Waals surface area contributed by atoms with Crippen LogP contribution in [-0.2, 0) is 0 Å². The average Bonchev–Trinajstić information content (AvgIpc) is 2.71. The number of rotatable bonds is 2. The summed E-state index contributed by atoms with van der Waals surface area (Å²) in [5, 5.41) is 9.41. The highest BCUT2D eigenvalue weighted by Crippen LogP contribution is 2.28. The molecule has 1 aromatic heterocycles. The van der Waals surface area contributed by atoms with Gasteiger partial charge in [0.25, 0.3) is 0 Å². The van der Waals surface area contributed by atoms with Crippen LogP contribution in [0.15, 0.2) is 34.7 Å². The van der Waals surface area contributed by atoms with Gasteiger partial charge in [-0.25, -0.2) is 0 Å². The Bertz CT molecular complexity index is 495. The Morgan fingerprint density at radius 1 is 1.12 bits per heavy atom. The van der Waals surface area contributed by atoms with Gasteiger partial charge in [0.1, 0.15) is 17.6 Å². The third-order valence-corrected chi connectivity index (χ3v) is 2.91. The molecule has 1 aromatic carbocycles. The third-order valence-electron chi connectivity index (χ3n) is 2.91. The Morgan fingerprint density at radius 3 is 2.50 bits per heavy atom. The van der Waals surface area contributed by atoms with Gasteiger partial charge in [-0.1, -0.05) is 18.2 Å². The fourth-order valence-electron chi connectivity index (χ4n) is 1.74. The van der Waals surface area contributed by atoms with Gasteiger partial charge in [-0.3, -0.25) is 0 Å². The van der Waals surface area contributed by atoms with E-state index in [2.05, 4.69) is 19.9 Å². The van der Waals surface area contributed by atoms with Gasteiger partial charge in [0, 0.05) is 5.56 Å². The maximum absolute atomic E-state index is 9.41. The van der Waals surface area contributed by atoms with Crippen LogP contribution >= 0.6 is 0 Å². The molecule has 1 atom stereocenters. The lowest BCUT2D eigenvalue weighted by Gasteiger charge is -2.06. The first-order valence-corrected chi connectivity index (χ1v) is 5.44. The normalized spacial score (nSPS) is 12.8. The highest BCUT2D eigenvalue weighted by Gasteiger charge is 2.10. The monoisotopic (exact) mass is 216 g/mol. The van der Waals surface area contributed by atoms with Crippen LogP contribution in [0.3, 0.4) is 0 Å². The molecule has 0 aliphatic carbocycles. The molecule has 0 saturated heterocycles. The molecule has 2 rings (SSSR count). The first kappa shape index (κ1) is 11.0. The van der Waals surface area contributed by atoms with Crippen molar-refractivity contribution in [2.45, 2.75) is 26.9 Å². The molecule has 1 heterocycles. The van der Waals surface area contributed by atoms with Gasteiger partial charge in [0.05, 0.1) is 0 Å². The summed E-state index contributed by atoms with van der Waals surface area (Å²) in [6.45, 7) is 5.86. The number of aryl methyl sites for hydroxylation is 1. The summed E-state index contributed by atoms with van der Waals surface area (Å²) < 4.78 is 5.62. The number of hydrogen-bond donors (Lipinski definition) is 1. The van der Waals surface area contributed by atoms with Gasteiger partial charge < -0.3 is 9.52 Å². The molecule has 2 nitrogen and oxygen atoms in total. The second-order valence-corrected chi connectivity index (χ2v) is 4.13. The topological polar surface area (TPSA) is 33.4 Å². The number of furan rings is 1. The predicted molar refractivity (Wildman–Crippen MR) is 64.3 cm³/mol. The zero-order valence-electron chi connectivity index (χ0n) is 9.82. The van der Waals surface area contributed by atoms with Crippen LogP contribution < -0.4 is 0 Å². The Balaban J connectivity index is 2.47. The van der Waals surface area contributed by atoms with E-state index in [-0.39, 0.29) is 0 Å². The average molecular weight is 216 g/mol. The van der Waals surface area contributed by atoms with E-state index < -0.39 is 6.10 Å². The molecule has 0 spiro atoms. The third kappa shape index (κ3) is 1.89. The molecule has 1 unspecified atom stereocenters. The van der Waals surface area contributed by atoms with E-state index in [9.17, 15) is 5.11 Å². The minimum Gasteiger partial charge on any atom is -0.458 e. The van der Waals surface area contributed by atoms with Gasteiger partial charge in [0.15, 0.2) is 0 Å². The lowest BCUT2D eigenvalue weighted by atomic mass is 10.0. The number of benzene rings is 1. The standard InChI is InChI=1S/C14H16O2/c1-9-5-4-6-12(10(9)2)14-8-7-13(16-14)11(3)15/h4-8,11,15H,1-3H3. The van der Waals surface area contributed by atoms with E-state index in [1.807, 2.05) is 24.3 Å². The van der Waals surface area contributed by atoms with Crippen molar-refractivity contribution in [1.82, 2.24) is 0 Å². The zero-order chi connectivity index (χ0) is 11.7. The molecular formula is C14H16O2. The Kier molecular flexibility index (Phi) is 2.84. The van der Waals surface area contributed by atoms with Gasteiger partial charge in [-0.05, 0) is 44.0 Å². The molecule has 0 aliphatic heterocycles.